The number of methoxy groups -OCH3 is 1. The Hall–Kier alpha value is -1.60. The Labute approximate surface area is 103 Å². The highest BCUT2D eigenvalue weighted by molar-refractivity contribution is 5.42. The van der Waals surface area contributed by atoms with Crippen LogP contribution in [0.15, 0.2) is 12.1 Å². The number of nitro groups is 1. The van der Waals surface area contributed by atoms with E-state index in [1.165, 1.54) is 7.11 Å². The van der Waals surface area contributed by atoms with E-state index < -0.39 is 22.2 Å². The van der Waals surface area contributed by atoms with Gasteiger partial charge in [-0.25, -0.2) is 4.39 Å². The van der Waals surface area contributed by atoms with Crippen LogP contribution in [-0.2, 0) is 11.2 Å². The Kier molecular flexibility index (Phi) is 5.11. The topological polar surface area (TPSA) is 64.4 Å². The Bertz CT molecular complexity index is 441. The van der Waals surface area contributed by atoms with E-state index in [2.05, 4.69) is 5.32 Å². The number of nitro benzene ring substituents is 1. The first-order valence-corrected chi connectivity index (χ1v) is 5.28. The molecule has 18 heavy (non-hydrogen) atoms. The Morgan fingerprint density at radius 1 is 1.50 bits per heavy atom. The molecule has 1 aromatic carbocycles. The van der Waals surface area contributed by atoms with Gasteiger partial charge in [-0.2, -0.15) is 4.39 Å². The van der Waals surface area contributed by atoms with Crippen LogP contribution in [0.2, 0.25) is 0 Å². The molecule has 0 aromatic heterocycles. The van der Waals surface area contributed by atoms with Gasteiger partial charge in [0.25, 0.3) is 0 Å². The lowest BCUT2D eigenvalue weighted by Crippen LogP contribution is -2.32. The number of nitrogens with zero attached hydrogens (tertiary/aromatic N) is 1. The molecule has 1 N–H and O–H groups in total. The molecular weight excluding hydrogens is 246 g/mol. The van der Waals surface area contributed by atoms with Crippen LogP contribution in [-0.4, -0.2) is 31.7 Å². The Balaban J connectivity index is 3.09. The molecule has 7 heteroatoms. The minimum absolute atomic E-state index is 0.00824. The number of halogens is 2. The SMILES string of the molecule is CNC(COC)Cc1cc(F)cc(F)c1[N+](=O)[O-]. The minimum Gasteiger partial charge on any atom is -0.383 e. The van der Waals surface area contributed by atoms with E-state index in [1.54, 1.807) is 7.05 Å². The van der Waals surface area contributed by atoms with Crippen molar-refractivity contribution in [2.75, 3.05) is 20.8 Å². The molecule has 1 rings (SSSR count). The molecule has 100 valence electrons. The number of rotatable bonds is 6. The first kappa shape index (κ1) is 14.5. The zero-order chi connectivity index (χ0) is 13.7. The van der Waals surface area contributed by atoms with Gasteiger partial charge in [-0.05, 0) is 19.5 Å². The number of benzene rings is 1. The molecule has 0 heterocycles. The molecule has 0 aliphatic carbocycles. The standard InChI is InChI=1S/C11H14F2N2O3/c1-14-9(6-18-2)4-7-3-8(12)5-10(13)11(7)15(16)17/h3,5,9,14H,4,6H2,1-2H3. The third-order valence-corrected chi connectivity index (χ3v) is 2.53. The van der Waals surface area contributed by atoms with Gasteiger partial charge in [0.15, 0.2) is 0 Å². The van der Waals surface area contributed by atoms with Gasteiger partial charge in [-0.3, -0.25) is 10.1 Å². The summed E-state index contributed by atoms with van der Waals surface area (Å²) in [5.41, 5.74) is -0.679. The second-order valence-corrected chi connectivity index (χ2v) is 3.80. The van der Waals surface area contributed by atoms with Gasteiger partial charge in [0.2, 0.25) is 5.82 Å². The first-order chi connectivity index (χ1) is 8.49. The van der Waals surface area contributed by atoms with Crippen LogP contribution in [0, 0.1) is 21.7 Å². The molecule has 0 spiro atoms. The molecule has 1 unspecified atom stereocenters. The molecule has 0 bridgehead atoms. The molecule has 0 aliphatic heterocycles. The van der Waals surface area contributed by atoms with E-state index in [9.17, 15) is 18.9 Å². The van der Waals surface area contributed by atoms with Crippen LogP contribution < -0.4 is 5.32 Å². The van der Waals surface area contributed by atoms with Crippen molar-refractivity contribution in [2.24, 2.45) is 0 Å². The number of ether oxygens (including phenoxy) is 1. The van der Waals surface area contributed by atoms with Crippen molar-refractivity contribution in [3.8, 4) is 0 Å². The summed E-state index contributed by atoms with van der Waals surface area (Å²) >= 11 is 0. The normalized spacial score (nSPS) is 12.4. The van der Waals surface area contributed by atoms with Crippen molar-refractivity contribution in [2.45, 2.75) is 12.5 Å². The summed E-state index contributed by atoms with van der Waals surface area (Å²) in [6.45, 7) is 0.284. The molecule has 0 radical (unpaired) electrons. The van der Waals surface area contributed by atoms with Crippen molar-refractivity contribution >= 4 is 5.69 Å². The summed E-state index contributed by atoms with van der Waals surface area (Å²) in [6.07, 6.45) is 0.106. The highest BCUT2D eigenvalue weighted by atomic mass is 19.1. The zero-order valence-corrected chi connectivity index (χ0v) is 10.1. The van der Waals surface area contributed by atoms with Gasteiger partial charge in [0.05, 0.1) is 11.5 Å². The van der Waals surface area contributed by atoms with E-state index in [1.807, 2.05) is 0 Å². The lowest BCUT2D eigenvalue weighted by atomic mass is 10.0. The fourth-order valence-electron chi connectivity index (χ4n) is 1.69. The van der Waals surface area contributed by atoms with E-state index in [0.717, 1.165) is 6.07 Å². The smallest absolute Gasteiger partial charge is 0.308 e. The highest BCUT2D eigenvalue weighted by Crippen LogP contribution is 2.25. The van der Waals surface area contributed by atoms with Crippen molar-refractivity contribution in [1.29, 1.82) is 0 Å². The fourth-order valence-corrected chi connectivity index (χ4v) is 1.69. The zero-order valence-electron chi connectivity index (χ0n) is 10.1. The molecule has 0 fully saturated rings. The van der Waals surface area contributed by atoms with Crippen LogP contribution in [0.1, 0.15) is 5.56 Å². The lowest BCUT2D eigenvalue weighted by molar-refractivity contribution is -0.388. The second kappa shape index (κ2) is 6.36. The summed E-state index contributed by atoms with van der Waals surface area (Å²) < 4.78 is 31.4. The number of hydrogen-bond donors (Lipinski definition) is 1. The van der Waals surface area contributed by atoms with Crippen molar-refractivity contribution in [3.63, 3.8) is 0 Å². The third-order valence-electron chi connectivity index (χ3n) is 2.53. The first-order valence-electron chi connectivity index (χ1n) is 5.28. The van der Waals surface area contributed by atoms with E-state index in [4.69, 9.17) is 4.74 Å². The summed E-state index contributed by atoms with van der Waals surface area (Å²) in [5, 5.41) is 13.6. The largest absolute Gasteiger partial charge is 0.383 e. The maximum Gasteiger partial charge on any atom is 0.308 e. The van der Waals surface area contributed by atoms with Gasteiger partial charge in [-0.15, -0.1) is 0 Å². The number of hydrogen-bond acceptors (Lipinski definition) is 4. The highest BCUT2D eigenvalue weighted by Gasteiger charge is 2.23. The minimum atomic E-state index is -1.16. The maximum atomic E-state index is 13.4. The quantitative estimate of drug-likeness (QED) is 0.624. The summed E-state index contributed by atoms with van der Waals surface area (Å²) in [4.78, 5) is 9.93. The van der Waals surface area contributed by atoms with Gasteiger partial charge in [0, 0.05) is 24.8 Å². The Morgan fingerprint density at radius 3 is 2.67 bits per heavy atom. The average Bonchev–Trinajstić information content (AvgIpc) is 2.26. The van der Waals surface area contributed by atoms with E-state index in [-0.39, 0.29) is 24.6 Å². The molecule has 5 nitrogen and oxygen atoms in total. The van der Waals surface area contributed by atoms with Crippen molar-refractivity contribution < 1.29 is 18.4 Å². The molecule has 1 aromatic rings. The summed E-state index contributed by atoms with van der Waals surface area (Å²) in [6, 6.07) is 1.22. The van der Waals surface area contributed by atoms with Crippen LogP contribution in [0.3, 0.4) is 0 Å². The monoisotopic (exact) mass is 260 g/mol. The number of nitrogens with one attached hydrogen (secondary N) is 1. The molecule has 0 amide bonds. The van der Waals surface area contributed by atoms with Crippen LogP contribution in [0.4, 0.5) is 14.5 Å². The second-order valence-electron chi connectivity index (χ2n) is 3.80. The van der Waals surface area contributed by atoms with Crippen molar-refractivity contribution in [1.82, 2.24) is 5.32 Å². The predicted octanol–water partition coefficient (Wildman–Crippen LogP) is 1.65. The van der Waals surface area contributed by atoms with Gasteiger partial charge in [0.1, 0.15) is 5.82 Å². The molecule has 0 saturated carbocycles. The molecule has 1 atom stereocenters. The molecule has 0 saturated heterocycles. The predicted molar refractivity (Wildman–Crippen MR) is 61.4 cm³/mol. The van der Waals surface area contributed by atoms with Crippen molar-refractivity contribution in [3.05, 3.63) is 39.4 Å². The summed E-state index contributed by atoms with van der Waals surface area (Å²) in [5.74, 6) is -2.00. The average molecular weight is 260 g/mol. The molecule has 0 aliphatic rings. The molecular formula is C11H14F2N2O3. The fraction of sp³-hybridized carbons (Fsp3) is 0.455. The number of likely N-dealkylation sites (N-methyl/N-ethyl adjacent to an activating group) is 1. The van der Waals surface area contributed by atoms with E-state index in [0.29, 0.717) is 6.07 Å². The van der Waals surface area contributed by atoms with Gasteiger partial charge >= 0.3 is 5.69 Å². The van der Waals surface area contributed by atoms with Gasteiger partial charge < -0.3 is 10.1 Å². The van der Waals surface area contributed by atoms with Crippen LogP contribution >= 0.6 is 0 Å². The van der Waals surface area contributed by atoms with Crippen LogP contribution in [0.5, 0.6) is 0 Å². The van der Waals surface area contributed by atoms with Crippen LogP contribution in [0.25, 0.3) is 0 Å². The third kappa shape index (κ3) is 3.44. The maximum absolute atomic E-state index is 13.4. The Morgan fingerprint density at radius 2 is 2.17 bits per heavy atom. The lowest BCUT2D eigenvalue weighted by Gasteiger charge is -2.15. The van der Waals surface area contributed by atoms with E-state index >= 15 is 0 Å². The summed E-state index contributed by atoms with van der Waals surface area (Å²) in [7, 11) is 3.12. The van der Waals surface area contributed by atoms with Gasteiger partial charge in [-0.1, -0.05) is 0 Å².